The van der Waals surface area contributed by atoms with E-state index in [2.05, 4.69) is 15.6 Å². The highest BCUT2D eigenvalue weighted by molar-refractivity contribution is 6.30. The maximum absolute atomic E-state index is 12.3. The van der Waals surface area contributed by atoms with E-state index in [4.69, 9.17) is 21.1 Å². The van der Waals surface area contributed by atoms with Gasteiger partial charge in [0, 0.05) is 22.5 Å². The number of carbonyl (C=O) groups is 1. The lowest BCUT2D eigenvalue weighted by Gasteiger charge is -2.08. The Balaban J connectivity index is 1.43. The van der Waals surface area contributed by atoms with Gasteiger partial charge in [-0.2, -0.15) is 0 Å². The average molecular weight is 368 g/mol. The molecular weight excluding hydrogens is 354 g/mol. The smallest absolute Gasteiger partial charge is 0.274 e. The second-order valence-corrected chi connectivity index (χ2v) is 6.03. The third-order valence-corrected chi connectivity index (χ3v) is 3.97. The van der Waals surface area contributed by atoms with E-state index >= 15 is 0 Å². The molecule has 4 rings (SSSR count). The van der Waals surface area contributed by atoms with Crippen LogP contribution in [0.1, 0.15) is 10.5 Å². The number of rotatable bonds is 4. The van der Waals surface area contributed by atoms with Crippen LogP contribution in [0, 0.1) is 0 Å². The number of halogens is 1. The van der Waals surface area contributed by atoms with E-state index < -0.39 is 0 Å². The lowest BCUT2D eigenvalue weighted by atomic mass is 10.2. The molecule has 0 fully saturated rings. The van der Waals surface area contributed by atoms with Crippen LogP contribution in [0.25, 0.3) is 0 Å². The maximum Gasteiger partial charge on any atom is 0.274 e. The van der Waals surface area contributed by atoms with Crippen molar-refractivity contribution in [3.8, 4) is 11.5 Å². The molecule has 1 aliphatic rings. The molecule has 0 aliphatic carbocycles. The quantitative estimate of drug-likeness (QED) is 0.712. The predicted molar refractivity (Wildman–Crippen MR) is 99.5 cm³/mol. The number of benzene rings is 2. The fourth-order valence-corrected chi connectivity index (χ4v) is 2.69. The van der Waals surface area contributed by atoms with Crippen LogP contribution < -0.4 is 20.1 Å². The second-order valence-electron chi connectivity index (χ2n) is 5.59. The minimum Gasteiger partial charge on any atom is -0.454 e. The summed E-state index contributed by atoms with van der Waals surface area (Å²) >= 11 is 5.96. The summed E-state index contributed by atoms with van der Waals surface area (Å²) in [5.74, 6) is 0.965. The molecule has 0 saturated heterocycles. The molecule has 1 aliphatic heterocycles. The molecule has 2 heterocycles. The van der Waals surface area contributed by atoms with Gasteiger partial charge in [-0.1, -0.05) is 17.7 Å². The molecule has 7 heteroatoms. The normalized spacial score (nSPS) is 11.9. The number of hydrogen-bond donors (Lipinski definition) is 2. The van der Waals surface area contributed by atoms with Crippen molar-refractivity contribution in [2.24, 2.45) is 0 Å². The Labute approximate surface area is 154 Å². The molecule has 6 nitrogen and oxygen atoms in total. The van der Waals surface area contributed by atoms with Gasteiger partial charge in [0.25, 0.3) is 5.91 Å². The van der Waals surface area contributed by atoms with Gasteiger partial charge in [0.15, 0.2) is 11.5 Å². The van der Waals surface area contributed by atoms with Crippen LogP contribution in [0.3, 0.4) is 0 Å². The summed E-state index contributed by atoms with van der Waals surface area (Å²) in [5, 5.41) is 6.61. The van der Waals surface area contributed by atoms with E-state index in [1.807, 2.05) is 18.2 Å². The molecular formula is C19H14ClN3O3. The van der Waals surface area contributed by atoms with Gasteiger partial charge in [0.1, 0.15) is 5.69 Å². The molecule has 26 heavy (non-hydrogen) atoms. The zero-order valence-electron chi connectivity index (χ0n) is 13.5. The Bertz CT molecular complexity index is 960. The molecule has 2 N–H and O–H groups in total. The zero-order chi connectivity index (χ0) is 17.9. The lowest BCUT2D eigenvalue weighted by molar-refractivity contribution is 0.102. The maximum atomic E-state index is 12.3. The lowest BCUT2D eigenvalue weighted by Crippen LogP contribution is -2.13. The zero-order valence-corrected chi connectivity index (χ0v) is 14.3. The first-order valence-electron chi connectivity index (χ1n) is 7.87. The van der Waals surface area contributed by atoms with E-state index in [1.165, 1.54) is 0 Å². The summed E-state index contributed by atoms with van der Waals surface area (Å²) in [6.07, 6.45) is 1.59. The van der Waals surface area contributed by atoms with Crippen LogP contribution in [0.5, 0.6) is 11.5 Å². The first kappa shape index (κ1) is 16.2. The first-order chi connectivity index (χ1) is 12.7. The Morgan fingerprint density at radius 1 is 0.962 bits per heavy atom. The number of ether oxygens (including phenoxy) is 2. The van der Waals surface area contributed by atoms with Crippen LogP contribution in [0.15, 0.2) is 60.8 Å². The third-order valence-electron chi connectivity index (χ3n) is 3.74. The number of nitrogens with zero attached hydrogens (tertiary/aromatic N) is 1. The van der Waals surface area contributed by atoms with Gasteiger partial charge >= 0.3 is 0 Å². The highest BCUT2D eigenvalue weighted by Gasteiger charge is 2.15. The minimum atomic E-state index is -0.307. The Morgan fingerprint density at radius 2 is 1.81 bits per heavy atom. The number of anilines is 3. The summed E-state index contributed by atoms with van der Waals surface area (Å²) in [7, 11) is 0. The van der Waals surface area contributed by atoms with E-state index in [-0.39, 0.29) is 12.7 Å². The molecule has 0 spiro atoms. The van der Waals surface area contributed by atoms with Crippen LogP contribution in [0.4, 0.5) is 17.1 Å². The van der Waals surface area contributed by atoms with Crippen molar-refractivity contribution in [1.82, 2.24) is 4.98 Å². The van der Waals surface area contributed by atoms with Crippen LogP contribution in [0.2, 0.25) is 5.02 Å². The number of aromatic nitrogens is 1. The number of carbonyl (C=O) groups excluding carboxylic acids is 1. The van der Waals surface area contributed by atoms with Gasteiger partial charge in [-0.05, 0) is 42.5 Å². The highest BCUT2D eigenvalue weighted by atomic mass is 35.5. The minimum absolute atomic E-state index is 0.190. The summed E-state index contributed by atoms with van der Waals surface area (Å²) in [6, 6.07) is 16.0. The molecule has 130 valence electrons. The van der Waals surface area contributed by atoms with Crippen LogP contribution in [-0.2, 0) is 0 Å². The molecule has 0 unspecified atom stereocenters. The van der Waals surface area contributed by atoms with Crippen LogP contribution >= 0.6 is 11.6 Å². The molecule has 1 amide bonds. The summed E-state index contributed by atoms with van der Waals surface area (Å²) in [6.45, 7) is 0.190. The average Bonchev–Trinajstić information content (AvgIpc) is 3.10. The molecule has 2 aromatic carbocycles. The van der Waals surface area contributed by atoms with Crippen molar-refractivity contribution in [2.45, 2.75) is 0 Å². The molecule has 1 aromatic heterocycles. The Hall–Kier alpha value is -3.25. The number of fused-ring (bicyclic) bond motifs is 1. The summed E-state index contributed by atoms with van der Waals surface area (Å²) < 4.78 is 10.6. The monoisotopic (exact) mass is 367 g/mol. The highest BCUT2D eigenvalue weighted by Crippen LogP contribution is 2.34. The van der Waals surface area contributed by atoms with Crippen molar-refractivity contribution in [1.29, 1.82) is 0 Å². The van der Waals surface area contributed by atoms with Gasteiger partial charge < -0.3 is 20.1 Å². The van der Waals surface area contributed by atoms with Crippen molar-refractivity contribution in [2.75, 3.05) is 17.4 Å². The van der Waals surface area contributed by atoms with Crippen molar-refractivity contribution >= 4 is 34.6 Å². The predicted octanol–water partition coefficient (Wildman–Crippen LogP) is 4.46. The first-order valence-corrected chi connectivity index (χ1v) is 8.25. The fraction of sp³-hybridized carbons (Fsp3) is 0.0526. The third kappa shape index (κ3) is 3.55. The molecule has 3 aromatic rings. The summed E-state index contributed by atoms with van der Waals surface area (Å²) in [4.78, 5) is 16.5. The van der Waals surface area contributed by atoms with Gasteiger partial charge in [-0.3, -0.25) is 4.79 Å². The Morgan fingerprint density at radius 3 is 2.62 bits per heavy atom. The number of amides is 1. The topological polar surface area (TPSA) is 72.5 Å². The Kier molecular flexibility index (Phi) is 4.33. The number of nitrogens with one attached hydrogen (secondary N) is 2. The molecule has 0 saturated carbocycles. The van der Waals surface area contributed by atoms with Gasteiger partial charge in [-0.15, -0.1) is 0 Å². The molecule has 0 radical (unpaired) electrons. The number of hydrogen-bond acceptors (Lipinski definition) is 5. The van der Waals surface area contributed by atoms with E-state index in [0.29, 0.717) is 27.9 Å². The van der Waals surface area contributed by atoms with Gasteiger partial charge in [-0.25, -0.2) is 4.98 Å². The largest absolute Gasteiger partial charge is 0.454 e. The standard InChI is InChI=1S/C19H14ClN3O3/c20-12-2-1-3-13(8-12)22-15-4-6-16(21-10-15)19(24)23-14-5-7-17-18(9-14)26-11-25-17/h1-10,22H,11H2,(H,23,24). The molecule has 0 atom stereocenters. The summed E-state index contributed by atoms with van der Waals surface area (Å²) in [5.41, 5.74) is 2.52. The van der Waals surface area contributed by atoms with Gasteiger partial charge in [0.2, 0.25) is 6.79 Å². The SMILES string of the molecule is O=C(Nc1ccc2c(c1)OCO2)c1ccc(Nc2cccc(Cl)c2)cn1. The van der Waals surface area contributed by atoms with E-state index in [9.17, 15) is 4.79 Å². The van der Waals surface area contributed by atoms with E-state index in [1.54, 1.807) is 42.6 Å². The second kappa shape index (κ2) is 6.93. The molecule has 0 bridgehead atoms. The fourth-order valence-electron chi connectivity index (χ4n) is 2.50. The van der Waals surface area contributed by atoms with Crippen LogP contribution in [-0.4, -0.2) is 17.7 Å². The van der Waals surface area contributed by atoms with Crippen molar-refractivity contribution < 1.29 is 14.3 Å². The van der Waals surface area contributed by atoms with Gasteiger partial charge in [0.05, 0.1) is 11.9 Å². The van der Waals surface area contributed by atoms with Crippen molar-refractivity contribution in [3.63, 3.8) is 0 Å². The van der Waals surface area contributed by atoms with E-state index in [0.717, 1.165) is 11.4 Å². The number of pyridine rings is 1. The van der Waals surface area contributed by atoms with Crippen molar-refractivity contribution in [3.05, 3.63) is 71.5 Å².